The third-order valence-electron chi connectivity index (χ3n) is 3.21. The molecular formula is C11H23N3O4S. The maximum atomic E-state index is 12.0. The van der Waals surface area contributed by atoms with E-state index in [4.69, 9.17) is 0 Å². The number of rotatable bonds is 6. The van der Waals surface area contributed by atoms with Gasteiger partial charge in [0.05, 0.1) is 13.5 Å². The third-order valence-corrected chi connectivity index (χ3v) is 4.84. The molecule has 7 nitrogen and oxygen atoms in total. The van der Waals surface area contributed by atoms with Crippen LogP contribution in [0.2, 0.25) is 0 Å². The number of nitrogens with one attached hydrogen (secondary N) is 2. The molecule has 0 aromatic heterocycles. The standard InChI is InChI=1S/C11H23N3O4S/c1-9-8-10(4-6-12-9)13-19(16,17)14(2)7-5-11(15)18-3/h9-10,12-13H,4-8H2,1-3H3. The molecule has 1 saturated heterocycles. The Bertz CT molecular complexity index is 399. The van der Waals surface area contributed by atoms with Crippen LogP contribution in [0.3, 0.4) is 0 Å². The molecule has 0 spiro atoms. The highest BCUT2D eigenvalue weighted by molar-refractivity contribution is 7.87. The second-order valence-corrected chi connectivity index (χ2v) is 6.66. The van der Waals surface area contributed by atoms with E-state index in [1.165, 1.54) is 14.2 Å². The average molecular weight is 293 g/mol. The summed E-state index contributed by atoms with van der Waals surface area (Å²) in [6.07, 6.45) is 1.59. The Balaban J connectivity index is 2.47. The monoisotopic (exact) mass is 293 g/mol. The normalized spacial score (nSPS) is 24.4. The van der Waals surface area contributed by atoms with Crippen LogP contribution in [0.4, 0.5) is 0 Å². The minimum Gasteiger partial charge on any atom is -0.469 e. The van der Waals surface area contributed by atoms with E-state index in [2.05, 4.69) is 14.8 Å². The molecule has 0 aliphatic carbocycles. The van der Waals surface area contributed by atoms with Gasteiger partial charge in [-0.05, 0) is 26.3 Å². The lowest BCUT2D eigenvalue weighted by atomic mass is 10.0. The number of carbonyl (C=O) groups is 1. The van der Waals surface area contributed by atoms with E-state index in [9.17, 15) is 13.2 Å². The van der Waals surface area contributed by atoms with Gasteiger partial charge in [-0.1, -0.05) is 0 Å². The molecule has 2 N–H and O–H groups in total. The first-order chi connectivity index (χ1) is 8.85. The van der Waals surface area contributed by atoms with Gasteiger partial charge in [-0.15, -0.1) is 0 Å². The van der Waals surface area contributed by atoms with Crippen molar-refractivity contribution in [2.75, 3.05) is 27.2 Å². The fourth-order valence-electron chi connectivity index (χ4n) is 2.01. The van der Waals surface area contributed by atoms with Crippen LogP contribution in [-0.2, 0) is 19.7 Å². The topological polar surface area (TPSA) is 87.7 Å². The van der Waals surface area contributed by atoms with Crippen LogP contribution in [-0.4, -0.2) is 58.0 Å². The molecule has 0 amide bonds. The highest BCUT2D eigenvalue weighted by atomic mass is 32.2. The third kappa shape index (κ3) is 5.43. The molecule has 0 aromatic rings. The van der Waals surface area contributed by atoms with Gasteiger partial charge in [0, 0.05) is 25.7 Å². The summed E-state index contributed by atoms with van der Waals surface area (Å²) in [7, 11) is -0.802. The maximum absolute atomic E-state index is 12.0. The van der Waals surface area contributed by atoms with Gasteiger partial charge >= 0.3 is 5.97 Å². The van der Waals surface area contributed by atoms with Crippen LogP contribution in [0.15, 0.2) is 0 Å². The van der Waals surface area contributed by atoms with Crippen molar-refractivity contribution in [1.29, 1.82) is 0 Å². The number of hydrogen-bond acceptors (Lipinski definition) is 5. The molecule has 0 aromatic carbocycles. The van der Waals surface area contributed by atoms with Crippen LogP contribution >= 0.6 is 0 Å². The van der Waals surface area contributed by atoms with E-state index in [0.29, 0.717) is 6.04 Å². The van der Waals surface area contributed by atoms with Gasteiger partial charge in [0.2, 0.25) is 0 Å². The van der Waals surface area contributed by atoms with Gasteiger partial charge in [-0.3, -0.25) is 4.79 Å². The SMILES string of the molecule is COC(=O)CCN(C)S(=O)(=O)NC1CCNC(C)C1. The zero-order valence-electron chi connectivity index (χ0n) is 11.7. The highest BCUT2D eigenvalue weighted by Gasteiger charge is 2.26. The fraction of sp³-hybridized carbons (Fsp3) is 0.909. The maximum Gasteiger partial charge on any atom is 0.306 e. The summed E-state index contributed by atoms with van der Waals surface area (Å²) in [6.45, 7) is 2.95. The van der Waals surface area contributed by atoms with Crippen LogP contribution in [0.5, 0.6) is 0 Å². The number of nitrogens with zero attached hydrogens (tertiary/aromatic N) is 1. The molecule has 1 rings (SSSR count). The fourth-order valence-corrected chi connectivity index (χ4v) is 3.16. The van der Waals surface area contributed by atoms with Crippen molar-refractivity contribution >= 4 is 16.2 Å². The molecule has 19 heavy (non-hydrogen) atoms. The molecule has 8 heteroatoms. The van der Waals surface area contributed by atoms with Crippen molar-refractivity contribution in [2.45, 2.75) is 38.3 Å². The molecule has 1 aliphatic heterocycles. The van der Waals surface area contributed by atoms with Crippen molar-refractivity contribution in [3.05, 3.63) is 0 Å². The first-order valence-electron chi connectivity index (χ1n) is 6.39. The second kappa shape index (κ2) is 7.18. The molecule has 1 fully saturated rings. The second-order valence-electron chi connectivity index (χ2n) is 4.85. The number of hydrogen-bond donors (Lipinski definition) is 2. The van der Waals surface area contributed by atoms with Crippen LogP contribution < -0.4 is 10.0 Å². The van der Waals surface area contributed by atoms with Crippen molar-refractivity contribution in [2.24, 2.45) is 0 Å². The molecule has 0 bridgehead atoms. The predicted molar refractivity (Wildman–Crippen MR) is 71.8 cm³/mol. The number of ether oxygens (including phenoxy) is 1. The average Bonchev–Trinajstić information content (AvgIpc) is 2.34. The number of methoxy groups -OCH3 is 1. The van der Waals surface area contributed by atoms with E-state index in [-0.39, 0.29) is 19.0 Å². The summed E-state index contributed by atoms with van der Waals surface area (Å²) in [5, 5.41) is 3.27. The van der Waals surface area contributed by atoms with E-state index < -0.39 is 16.2 Å². The minimum absolute atomic E-state index is 0.0521. The van der Waals surface area contributed by atoms with Crippen LogP contribution in [0.25, 0.3) is 0 Å². The van der Waals surface area contributed by atoms with Crippen LogP contribution in [0.1, 0.15) is 26.2 Å². The molecule has 0 saturated carbocycles. The first-order valence-corrected chi connectivity index (χ1v) is 7.83. The molecule has 1 aliphatic rings. The largest absolute Gasteiger partial charge is 0.469 e. The minimum atomic E-state index is -3.54. The van der Waals surface area contributed by atoms with Crippen LogP contribution in [0, 0.1) is 0 Å². The Hall–Kier alpha value is -0.700. The lowest BCUT2D eigenvalue weighted by Gasteiger charge is -2.30. The Morgan fingerprint density at radius 1 is 1.53 bits per heavy atom. The zero-order valence-corrected chi connectivity index (χ0v) is 12.5. The number of esters is 1. The van der Waals surface area contributed by atoms with Gasteiger partial charge in [0.1, 0.15) is 0 Å². The summed E-state index contributed by atoms with van der Waals surface area (Å²) in [4.78, 5) is 11.0. The summed E-state index contributed by atoms with van der Waals surface area (Å²) >= 11 is 0. The molecule has 2 unspecified atom stereocenters. The van der Waals surface area contributed by atoms with E-state index in [0.717, 1.165) is 23.7 Å². The van der Waals surface area contributed by atoms with Gasteiger partial charge in [-0.25, -0.2) is 0 Å². The van der Waals surface area contributed by atoms with Gasteiger partial charge in [-0.2, -0.15) is 17.4 Å². The van der Waals surface area contributed by atoms with Crippen molar-refractivity contribution in [1.82, 2.24) is 14.3 Å². The molecule has 112 valence electrons. The van der Waals surface area contributed by atoms with E-state index in [1.54, 1.807) is 0 Å². The van der Waals surface area contributed by atoms with Crippen molar-refractivity contribution < 1.29 is 17.9 Å². The summed E-state index contributed by atoms with van der Waals surface area (Å²) in [6, 6.07) is 0.253. The van der Waals surface area contributed by atoms with Gasteiger partial charge < -0.3 is 10.1 Å². The van der Waals surface area contributed by atoms with Gasteiger partial charge in [0.25, 0.3) is 10.2 Å². The lowest BCUT2D eigenvalue weighted by molar-refractivity contribution is -0.140. The Labute approximate surface area is 114 Å². The molecule has 1 heterocycles. The Morgan fingerprint density at radius 2 is 2.21 bits per heavy atom. The lowest BCUT2D eigenvalue weighted by Crippen LogP contribution is -2.50. The molecule has 0 radical (unpaired) electrons. The van der Waals surface area contributed by atoms with E-state index >= 15 is 0 Å². The molecular weight excluding hydrogens is 270 g/mol. The number of piperidine rings is 1. The Morgan fingerprint density at radius 3 is 2.79 bits per heavy atom. The van der Waals surface area contributed by atoms with Crippen molar-refractivity contribution in [3.8, 4) is 0 Å². The highest BCUT2D eigenvalue weighted by Crippen LogP contribution is 2.10. The Kier molecular flexibility index (Phi) is 6.18. The summed E-state index contributed by atoms with van der Waals surface area (Å²) in [5.41, 5.74) is 0. The smallest absolute Gasteiger partial charge is 0.306 e. The van der Waals surface area contributed by atoms with E-state index in [1.807, 2.05) is 6.92 Å². The van der Waals surface area contributed by atoms with Crippen molar-refractivity contribution in [3.63, 3.8) is 0 Å². The predicted octanol–water partition coefficient (Wildman–Crippen LogP) is -0.544. The first kappa shape index (κ1) is 16.4. The quantitative estimate of drug-likeness (QED) is 0.642. The summed E-state index contributed by atoms with van der Waals surface area (Å²) < 4.78 is 32.4. The summed E-state index contributed by atoms with van der Waals surface area (Å²) in [5.74, 6) is -0.419. The molecule has 2 atom stereocenters. The van der Waals surface area contributed by atoms with Gasteiger partial charge in [0.15, 0.2) is 0 Å². The zero-order chi connectivity index (χ0) is 14.5. The number of carbonyl (C=O) groups excluding carboxylic acids is 1.